The first-order valence-corrected chi connectivity index (χ1v) is 9.34. The van der Waals surface area contributed by atoms with Crippen LogP contribution in [0.15, 0.2) is 31.0 Å². The zero-order valence-electron chi connectivity index (χ0n) is 15.6. The van der Waals surface area contributed by atoms with Crippen LogP contribution >= 0.6 is 11.6 Å². The number of hydrogen-bond acceptors (Lipinski definition) is 5. The number of aryl methyl sites for hydroxylation is 1. The maximum absolute atomic E-state index is 6.09. The second-order valence-electron chi connectivity index (χ2n) is 6.81. The average molecular weight is 372 g/mol. The van der Waals surface area contributed by atoms with E-state index in [1.807, 2.05) is 25.3 Å². The highest BCUT2D eigenvalue weighted by Gasteiger charge is 2.17. The molecule has 1 aliphatic heterocycles. The fourth-order valence-corrected chi connectivity index (χ4v) is 3.47. The van der Waals surface area contributed by atoms with Crippen molar-refractivity contribution >= 4 is 28.8 Å². The van der Waals surface area contributed by atoms with E-state index >= 15 is 0 Å². The van der Waals surface area contributed by atoms with Gasteiger partial charge in [0.15, 0.2) is 5.82 Å². The summed E-state index contributed by atoms with van der Waals surface area (Å²) >= 11 is 6.09. The Morgan fingerprint density at radius 2 is 2.08 bits per heavy atom. The summed E-state index contributed by atoms with van der Waals surface area (Å²) in [6, 6.07) is 6.05. The van der Waals surface area contributed by atoms with Gasteiger partial charge in [-0.2, -0.15) is 0 Å². The minimum atomic E-state index is 0.0814. The Morgan fingerprint density at radius 1 is 1.35 bits per heavy atom. The van der Waals surface area contributed by atoms with Gasteiger partial charge < -0.3 is 15.5 Å². The highest BCUT2D eigenvalue weighted by molar-refractivity contribution is 6.30. The molecule has 6 heteroatoms. The van der Waals surface area contributed by atoms with Gasteiger partial charge in [0.2, 0.25) is 0 Å². The van der Waals surface area contributed by atoms with Crippen molar-refractivity contribution in [3.05, 3.63) is 52.8 Å². The van der Waals surface area contributed by atoms with Gasteiger partial charge in [-0.25, -0.2) is 9.97 Å². The number of hydrogen-bond donors (Lipinski definition) is 2. The van der Waals surface area contributed by atoms with Crippen LogP contribution in [-0.2, 0) is 0 Å². The van der Waals surface area contributed by atoms with Gasteiger partial charge >= 0.3 is 0 Å². The minimum absolute atomic E-state index is 0.0814. The normalized spacial score (nSPS) is 15.6. The molecular formula is C20H26ClN5. The molecule has 3 rings (SSSR count). The summed E-state index contributed by atoms with van der Waals surface area (Å²) in [5, 5.41) is 7.64. The maximum atomic E-state index is 6.09. The molecule has 0 saturated carbocycles. The van der Waals surface area contributed by atoms with Crippen molar-refractivity contribution in [1.29, 1.82) is 0 Å². The summed E-state index contributed by atoms with van der Waals surface area (Å²) < 4.78 is 0. The van der Waals surface area contributed by atoms with Gasteiger partial charge in [0, 0.05) is 31.2 Å². The van der Waals surface area contributed by atoms with Crippen LogP contribution in [0.1, 0.15) is 36.7 Å². The SMILES string of the molecule is C=C(C)c1ncc(N2CCNCC2)nc1NC(C)c1ccc(Cl)cc1C. The molecule has 1 unspecified atom stereocenters. The number of anilines is 2. The number of aromatic nitrogens is 2. The summed E-state index contributed by atoms with van der Waals surface area (Å²) in [5.41, 5.74) is 4.05. The molecule has 2 N–H and O–H groups in total. The summed E-state index contributed by atoms with van der Waals surface area (Å²) in [6.07, 6.45) is 1.85. The monoisotopic (exact) mass is 371 g/mol. The number of piperazine rings is 1. The first-order chi connectivity index (χ1) is 12.5. The number of nitrogens with one attached hydrogen (secondary N) is 2. The summed E-state index contributed by atoms with van der Waals surface area (Å²) in [6.45, 7) is 14.0. The summed E-state index contributed by atoms with van der Waals surface area (Å²) in [4.78, 5) is 11.8. The van der Waals surface area contributed by atoms with E-state index in [0.29, 0.717) is 0 Å². The van der Waals surface area contributed by atoms with E-state index in [1.165, 1.54) is 5.56 Å². The number of benzene rings is 1. The Hall–Kier alpha value is -2.11. The second kappa shape index (κ2) is 8.06. The molecule has 0 spiro atoms. The van der Waals surface area contributed by atoms with Crippen molar-refractivity contribution in [3.8, 4) is 0 Å². The van der Waals surface area contributed by atoms with Gasteiger partial charge in [-0.1, -0.05) is 24.2 Å². The Morgan fingerprint density at radius 3 is 2.73 bits per heavy atom. The molecule has 1 fully saturated rings. The third-order valence-corrected chi connectivity index (χ3v) is 4.89. The fourth-order valence-electron chi connectivity index (χ4n) is 3.25. The van der Waals surface area contributed by atoms with Crippen molar-refractivity contribution in [2.45, 2.75) is 26.8 Å². The van der Waals surface area contributed by atoms with Crippen LogP contribution in [-0.4, -0.2) is 36.1 Å². The van der Waals surface area contributed by atoms with E-state index < -0.39 is 0 Å². The van der Waals surface area contributed by atoms with Crippen LogP contribution in [0.3, 0.4) is 0 Å². The molecule has 1 aromatic carbocycles. The summed E-state index contributed by atoms with van der Waals surface area (Å²) in [5.74, 6) is 1.68. The zero-order chi connectivity index (χ0) is 18.7. The van der Waals surface area contributed by atoms with Crippen molar-refractivity contribution in [3.63, 3.8) is 0 Å². The largest absolute Gasteiger partial charge is 0.362 e. The van der Waals surface area contributed by atoms with E-state index in [2.05, 4.69) is 47.0 Å². The quantitative estimate of drug-likeness (QED) is 0.830. The minimum Gasteiger partial charge on any atom is -0.362 e. The highest BCUT2D eigenvalue weighted by atomic mass is 35.5. The van der Waals surface area contributed by atoms with E-state index in [-0.39, 0.29) is 6.04 Å². The topological polar surface area (TPSA) is 53.1 Å². The molecule has 1 aromatic heterocycles. The molecule has 1 atom stereocenters. The fraction of sp³-hybridized carbons (Fsp3) is 0.400. The van der Waals surface area contributed by atoms with E-state index in [4.69, 9.17) is 16.6 Å². The highest BCUT2D eigenvalue weighted by Crippen LogP contribution is 2.28. The molecule has 0 radical (unpaired) electrons. The second-order valence-corrected chi connectivity index (χ2v) is 7.25. The van der Waals surface area contributed by atoms with Gasteiger partial charge in [0.05, 0.1) is 12.2 Å². The smallest absolute Gasteiger partial charge is 0.155 e. The molecule has 2 heterocycles. The predicted octanol–water partition coefficient (Wildman–Crippen LogP) is 4.05. The zero-order valence-corrected chi connectivity index (χ0v) is 16.4. The van der Waals surface area contributed by atoms with Crippen LogP contribution < -0.4 is 15.5 Å². The lowest BCUT2D eigenvalue weighted by molar-refractivity contribution is 0.584. The lowest BCUT2D eigenvalue weighted by Crippen LogP contribution is -2.44. The molecule has 1 saturated heterocycles. The Labute approximate surface area is 160 Å². The van der Waals surface area contributed by atoms with Crippen molar-refractivity contribution in [2.24, 2.45) is 0 Å². The number of allylic oxidation sites excluding steroid dienone is 1. The molecule has 138 valence electrons. The average Bonchev–Trinajstić information content (AvgIpc) is 2.62. The predicted molar refractivity (Wildman–Crippen MR) is 110 cm³/mol. The van der Waals surface area contributed by atoms with Gasteiger partial charge in [-0.05, 0) is 49.6 Å². The van der Waals surface area contributed by atoms with Crippen LogP contribution in [0.5, 0.6) is 0 Å². The Balaban J connectivity index is 1.89. The molecular weight excluding hydrogens is 346 g/mol. The van der Waals surface area contributed by atoms with Crippen LogP contribution in [0.4, 0.5) is 11.6 Å². The third-order valence-electron chi connectivity index (χ3n) is 4.66. The van der Waals surface area contributed by atoms with Gasteiger partial charge in [-0.15, -0.1) is 0 Å². The van der Waals surface area contributed by atoms with Crippen LogP contribution in [0.25, 0.3) is 5.57 Å². The first-order valence-electron chi connectivity index (χ1n) is 8.97. The molecule has 1 aliphatic rings. The Bertz CT molecular complexity index is 799. The molecule has 0 aliphatic carbocycles. The van der Waals surface area contributed by atoms with Crippen molar-refractivity contribution < 1.29 is 0 Å². The van der Waals surface area contributed by atoms with E-state index in [1.54, 1.807) is 0 Å². The molecule has 5 nitrogen and oxygen atoms in total. The summed E-state index contributed by atoms with van der Waals surface area (Å²) in [7, 11) is 0. The standard InChI is InChI=1S/C20H26ClN5/c1-13(2)19-20(24-15(4)17-6-5-16(21)11-14(17)3)25-18(12-23-19)26-9-7-22-8-10-26/h5-6,11-12,15,22H,1,7-10H2,2-4H3,(H,24,25). The number of halogens is 1. The molecule has 26 heavy (non-hydrogen) atoms. The lowest BCUT2D eigenvalue weighted by atomic mass is 10.0. The first kappa shape index (κ1) is 18.7. The van der Waals surface area contributed by atoms with Gasteiger partial charge in [0.25, 0.3) is 0 Å². The van der Waals surface area contributed by atoms with Crippen molar-refractivity contribution in [2.75, 3.05) is 36.4 Å². The van der Waals surface area contributed by atoms with Crippen LogP contribution in [0, 0.1) is 6.92 Å². The molecule has 0 amide bonds. The maximum Gasteiger partial charge on any atom is 0.155 e. The van der Waals surface area contributed by atoms with E-state index in [9.17, 15) is 0 Å². The number of nitrogens with zero attached hydrogens (tertiary/aromatic N) is 3. The van der Waals surface area contributed by atoms with Crippen LogP contribution in [0.2, 0.25) is 5.02 Å². The van der Waals surface area contributed by atoms with Gasteiger partial charge in [0.1, 0.15) is 11.5 Å². The van der Waals surface area contributed by atoms with Gasteiger partial charge in [-0.3, -0.25) is 0 Å². The lowest BCUT2D eigenvalue weighted by Gasteiger charge is -2.29. The van der Waals surface area contributed by atoms with E-state index in [0.717, 1.165) is 59.7 Å². The Kier molecular flexibility index (Phi) is 5.79. The number of rotatable bonds is 5. The molecule has 2 aromatic rings. The molecule has 0 bridgehead atoms. The third kappa shape index (κ3) is 4.17. The van der Waals surface area contributed by atoms with Crippen molar-refractivity contribution in [1.82, 2.24) is 15.3 Å².